The first kappa shape index (κ1) is 17.9. The van der Waals surface area contributed by atoms with Gasteiger partial charge in [0, 0.05) is 31.3 Å². The van der Waals surface area contributed by atoms with Crippen LogP contribution in [-0.2, 0) is 0 Å². The van der Waals surface area contributed by atoms with E-state index >= 15 is 0 Å². The number of hydrazine groups is 1. The molecule has 5 nitrogen and oxygen atoms in total. The second-order valence-electron chi connectivity index (χ2n) is 7.59. The first-order valence-corrected chi connectivity index (χ1v) is 9.77. The van der Waals surface area contributed by atoms with Gasteiger partial charge >= 0.3 is 6.03 Å². The minimum atomic E-state index is -0.144. The van der Waals surface area contributed by atoms with Gasteiger partial charge in [-0.2, -0.15) is 0 Å². The quantitative estimate of drug-likeness (QED) is 0.802. The van der Waals surface area contributed by atoms with Crippen molar-refractivity contribution < 1.29 is 9.53 Å². The van der Waals surface area contributed by atoms with Crippen molar-refractivity contribution in [2.24, 2.45) is 0 Å². The van der Waals surface area contributed by atoms with Crippen LogP contribution in [0.4, 0.5) is 4.79 Å². The summed E-state index contributed by atoms with van der Waals surface area (Å²) in [7, 11) is 3.70. The summed E-state index contributed by atoms with van der Waals surface area (Å²) in [5.41, 5.74) is 5.08. The van der Waals surface area contributed by atoms with Gasteiger partial charge in [0.05, 0.1) is 6.04 Å². The molecule has 0 bridgehead atoms. The Morgan fingerprint density at radius 1 is 0.926 bits per heavy atom. The molecule has 27 heavy (non-hydrogen) atoms. The molecule has 5 heteroatoms. The number of amides is 2. The molecule has 1 N–H and O–H groups in total. The standard InChI is InChI=1S/C22H27N3O2/c1-24(2)23-22(26)25(16-10-4-3-5-11-16)21-17-12-6-8-14-19(17)27-20-15-9-7-13-18(20)21/h6-9,12-16,21H,3-5,10-11H2,1-2H3,(H,23,26). The highest BCUT2D eigenvalue weighted by Crippen LogP contribution is 2.47. The molecule has 0 spiro atoms. The maximum Gasteiger partial charge on any atom is 0.332 e. The topological polar surface area (TPSA) is 44.8 Å². The molecule has 0 unspecified atom stereocenters. The van der Waals surface area contributed by atoms with Gasteiger partial charge in [-0.3, -0.25) is 5.43 Å². The molecule has 0 atom stereocenters. The van der Waals surface area contributed by atoms with Crippen LogP contribution in [-0.4, -0.2) is 36.1 Å². The third-order valence-electron chi connectivity index (χ3n) is 5.45. The van der Waals surface area contributed by atoms with Crippen LogP contribution in [0.5, 0.6) is 11.5 Å². The van der Waals surface area contributed by atoms with E-state index in [1.165, 1.54) is 19.3 Å². The molecule has 0 aromatic heterocycles. The number of para-hydroxylation sites is 2. The fourth-order valence-corrected chi connectivity index (χ4v) is 4.29. The van der Waals surface area contributed by atoms with E-state index in [1.807, 2.05) is 50.5 Å². The average Bonchev–Trinajstić information content (AvgIpc) is 2.68. The summed E-state index contributed by atoms with van der Waals surface area (Å²) in [6.45, 7) is 0. The normalized spacial score (nSPS) is 17.0. The van der Waals surface area contributed by atoms with Crippen LogP contribution in [0.15, 0.2) is 48.5 Å². The molecule has 142 valence electrons. The molecule has 1 heterocycles. The third-order valence-corrected chi connectivity index (χ3v) is 5.45. The van der Waals surface area contributed by atoms with Crippen LogP contribution in [0.2, 0.25) is 0 Å². The summed E-state index contributed by atoms with van der Waals surface area (Å²) in [5, 5.41) is 1.72. The van der Waals surface area contributed by atoms with Crippen LogP contribution in [0.1, 0.15) is 49.3 Å². The Hall–Kier alpha value is -2.53. The number of hydrogen-bond donors (Lipinski definition) is 1. The zero-order valence-electron chi connectivity index (χ0n) is 16.0. The SMILES string of the molecule is CN(C)NC(=O)N(C1CCCCC1)C1c2ccccc2Oc2ccccc21. The lowest BCUT2D eigenvalue weighted by Crippen LogP contribution is -2.52. The monoisotopic (exact) mass is 365 g/mol. The fraction of sp³-hybridized carbons (Fsp3) is 0.409. The lowest BCUT2D eigenvalue weighted by atomic mass is 9.88. The molecule has 2 amide bonds. The smallest absolute Gasteiger partial charge is 0.332 e. The molecule has 4 rings (SSSR count). The number of hydrogen-bond acceptors (Lipinski definition) is 3. The summed E-state index contributed by atoms with van der Waals surface area (Å²) in [6.07, 6.45) is 5.68. The third kappa shape index (κ3) is 3.52. The van der Waals surface area contributed by atoms with Crippen molar-refractivity contribution >= 4 is 6.03 Å². The fourth-order valence-electron chi connectivity index (χ4n) is 4.29. The number of rotatable bonds is 3. The summed E-state index contributed by atoms with van der Waals surface area (Å²) in [5.74, 6) is 1.67. The van der Waals surface area contributed by atoms with Crippen molar-refractivity contribution in [3.05, 3.63) is 59.7 Å². The molecule has 0 radical (unpaired) electrons. The van der Waals surface area contributed by atoms with Crippen LogP contribution >= 0.6 is 0 Å². The van der Waals surface area contributed by atoms with Crippen LogP contribution in [0.25, 0.3) is 0 Å². The molecule has 2 aromatic rings. The first-order valence-electron chi connectivity index (χ1n) is 9.77. The highest BCUT2D eigenvalue weighted by molar-refractivity contribution is 5.76. The van der Waals surface area contributed by atoms with Crippen molar-refractivity contribution in [3.63, 3.8) is 0 Å². The largest absolute Gasteiger partial charge is 0.457 e. The summed E-state index contributed by atoms with van der Waals surface area (Å²) < 4.78 is 6.14. The Balaban J connectivity index is 1.82. The van der Waals surface area contributed by atoms with Gasteiger partial charge in [0.15, 0.2) is 0 Å². The van der Waals surface area contributed by atoms with Gasteiger partial charge in [-0.05, 0) is 25.0 Å². The number of carbonyl (C=O) groups excluding carboxylic acids is 1. The highest BCUT2D eigenvalue weighted by Gasteiger charge is 2.38. The van der Waals surface area contributed by atoms with Crippen molar-refractivity contribution in [2.45, 2.75) is 44.2 Å². The van der Waals surface area contributed by atoms with E-state index in [2.05, 4.69) is 22.5 Å². The Bertz CT molecular complexity index is 769. The molecule has 1 saturated carbocycles. The van der Waals surface area contributed by atoms with Crippen molar-refractivity contribution in [1.29, 1.82) is 0 Å². The molecule has 1 aliphatic heterocycles. The number of nitrogens with one attached hydrogen (secondary N) is 1. The number of carbonyl (C=O) groups is 1. The Morgan fingerprint density at radius 3 is 2.04 bits per heavy atom. The first-order chi connectivity index (χ1) is 13.1. The number of benzene rings is 2. The molecular formula is C22H27N3O2. The van der Waals surface area contributed by atoms with Crippen molar-refractivity contribution in [1.82, 2.24) is 15.3 Å². The van der Waals surface area contributed by atoms with E-state index < -0.39 is 0 Å². The lowest BCUT2D eigenvalue weighted by Gasteiger charge is -2.43. The zero-order valence-corrected chi connectivity index (χ0v) is 16.0. The lowest BCUT2D eigenvalue weighted by molar-refractivity contribution is 0.114. The second kappa shape index (κ2) is 7.61. The van der Waals surface area contributed by atoms with E-state index in [4.69, 9.17) is 4.74 Å². The van der Waals surface area contributed by atoms with E-state index in [0.717, 1.165) is 35.5 Å². The highest BCUT2D eigenvalue weighted by atomic mass is 16.5. The van der Waals surface area contributed by atoms with Crippen molar-refractivity contribution in [3.8, 4) is 11.5 Å². The van der Waals surface area contributed by atoms with Gasteiger partial charge in [-0.1, -0.05) is 55.7 Å². The molecule has 1 aliphatic carbocycles. The van der Waals surface area contributed by atoms with Gasteiger partial charge in [0.25, 0.3) is 0 Å². The Kier molecular flexibility index (Phi) is 5.03. The van der Waals surface area contributed by atoms with Crippen LogP contribution < -0.4 is 10.2 Å². The summed E-state index contributed by atoms with van der Waals surface area (Å²) in [4.78, 5) is 15.4. The second-order valence-corrected chi connectivity index (χ2v) is 7.59. The zero-order chi connectivity index (χ0) is 18.8. The van der Waals surface area contributed by atoms with E-state index in [1.54, 1.807) is 5.01 Å². The minimum Gasteiger partial charge on any atom is -0.457 e. The maximum absolute atomic E-state index is 13.3. The van der Waals surface area contributed by atoms with Gasteiger partial charge in [0.2, 0.25) is 0 Å². The predicted octanol–water partition coefficient (Wildman–Crippen LogP) is 4.70. The molecule has 1 fully saturated rings. The van der Waals surface area contributed by atoms with Crippen LogP contribution in [0.3, 0.4) is 0 Å². The van der Waals surface area contributed by atoms with Crippen LogP contribution in [0, 0.1) is 0 Å². The van der Waals surface area contributed by atoms with Crippen molar-refractivity contribution in [2.75, 3.05) is 14.1 Å². The summed E-state index contributed by atoms with van der Waals surface area (Å²) >= 11 is 0. The predicted molar refractivity (Wildman–Crippen MR) is 106 cm³/mol. The van der Waals surface area contributed by atoms with Gasteiger partial charge < -0.3 is 9.64 Å². The Labute approximate surface area is 160 Å². The van der Waals surface area contributed by atoms with E-state index in [0.29, 0.717) is 0 Å². The summed E-state index contributed by atoms with van der Waals surface area (Å²) in [6, 6.07) is 16.2. The molecular weight excluding hydrogens is 338 g/mol. The average molecular weight is 365 g/mol. The van der Waals surface area contributed by atoms with E-state index in [9.17, 15) is 4.79 Å². The van der Waals surface area contributed by atoms with Gasteiger partial charge in [-0.15, -0.1) is 0 Å². The van der Waals surface area contributed by atoms with Gasteiger partial charge in [0.1, 0.15) is 11.5 Å². The molecule has 2 aromatic carbocycles. The number of ether oxygens (including phenoxy) is 1. The Morgan fingerprint density at radius 2 is 1.48 bits per heavy atom. The van der Waals surface area contributed by atoms with Gasteiger partial charge in [-0.25, -0.2) is 9.80 Å². The molecule has 0 saturated heterocycles. The molecule has 2 aliphatic rings. The maximum atomic E-state index is 13.3. The number of urea groups is 1. The van der Waals surface area contributed by atoms with E-state index in [-0.39, 0.29) is 18.1 Å². The number of fused-ring (bicyclic) bond motifs is 2. The minimum absolute atomic E-state index is 0.0524. The number of nitrogens with zero attached hydrogens (tertiary/aromatic N) is 2.